The summed E-state index contributed by atoms with van der Waals surface area (Å²) in [4.78, 5) is 15.1. The standard InChI is InChI=1S/C18H19F2NO3S/c1-3-21(12-14-7-5-11-25-14)16(22)10-9-13-6-4-8-15(23-2)17(13)24-18(19)20/h4-11,18H,3,12H2,1-2H3/b10-9-. The van der Waals surface area contributed by atoms with Crippen LogP contribution in [0.15, 0.2) is 41.8 Å². The zero-order valence-corrected chi connectivity index (χ0v) is 14.8. The normalized spacial score (nSPS) is 11.1. The van der Waals surface area contributed by atoms with E-state index in [1.54, 1.807) is 28.4 Å². The molecule has 0 unspecified atom stereocenters. The van der Waals surface area contributed by atoms with Gasteiger partial charge in [-0.15, -0.1) is 11.3 Å². The molecule has 0 saturated carbocycles. The van der Waals surface area contributed by atoms with Crippen molar-refractivity contribution in [3.63, 3.8) is 0 Å². The quantitative estimate of drug-likeness (QED) is 0.649. The molecule has 2 aromatic rings. The molecule has 134 valence electrons. The fourth-order valence-electron chi connectivity index (χ4n) is 2.24. The van der Waals surface area contributed by atoms with E-state index in [0.29, 0.717) is 18.7 Å². The molecule has 1 amide bonds. The van der Waals surface area contributed by atoms with E-state index < -0.39 is 6.61 Å². The molecule has 7 heteroatoms. The van der Waals surface area contributed by atoms with Crippen molar-refractivity contribution in [3.05, 3.63) is 52.2 Å². The van der Waals surface area contributed by atoms with Crippen LogP contribution in [0.5, 0.6) is 11.5 Å². The molecule has 0 N–H and O–H groups in total. The summed E-state index contributed by atoms with van der Waals surface area (Å²) in [5.41, 5.74) is 0.347. The Morgan fingerprint density at radius 3 is 2.72 bits per heavy atom. The number of para-hydroxylation sites is 1. The molecule has 0 aliphatic carbocycles. The van der Waals surface area contributed by atoms with Crippen LogP contribution < -0.4 is 9.47 Å². The van der Waals surface area contributed by atoms with Gasteiger partial charge >= 0.3 is 6.61 Å². The fraction of sp³-hybridized carbons (Fsp3) is 0.278. The third kappa shape index (κ3) is 5.29. The van der Waals surface area contributed by atoms with Gasteiger partial charge in [-0.1, -0.05) is 18.2 Å². The van der Waals surface area contributed by atoms with Gasteiger partial charge in [-0.25, -0.2) is 0 Å². The highest BCUT2D eigenvalue weighted by atomic mass is 32.1. The van der Waals surface area contributed by atoms with E-state index in [9.17, 15) is 13.6 Å². The van der Waals surface area contributed by atoms with Gasteiger partial charge in [0.2, 0.25) is 5.91 Å². The molecular weight excluding hydrogens is 348 g/mol. The van der Waals surface area contributed by atoms with Crippen LogP contribution in [0.4, 0.5) is 8.78 Å². The average Bonchev–Trinajstić information content (AvgIpc) is 3.11. The summed E-state index contributed by atoms with van der Waals surface area (Å²) < 4.78 is 34.9. The summed E-state index contributed by atoms with van der Waals surface area (Å²) in [5.74, 6) is -0.118. The number of hydrogen-bond donors (Lipinski definition) is 0. The van der Waals surface area contributed by atoms with E-state index in [1.165, 1.54) is 25.3 Å². The van der Waals surface area contributed by atoms with Crippen molar-refractivity contribution >= 4 is 23.3 Å². The molecule has 0 radical (unpaired) electrons. The maximum absolute atomic E-state index is 12.6. The van der Waals surface area contributed by atoms with E-state index in [2.05, 4.69) is 4.74 Å². The van der Waals surface area contributed by atoms with Crippen molar-refractivity contribution in [2.75, 3.05) is 13.7 Å². The third-order valence-corrected chi connectivity index (χ3v) is 4.32. The van der Waals surface area contributed by atoms with Crippen LogP contribution in [0.1, 0.15) is 17.4 Å². The average molecular weight is 367 g/mol. The highest BCUT2D eigenvalue weighted by Gasteiger charge is 2.15. The number of amides is 1. The number of carbonyl (C=O) groups is 1. The molecule has 1 heterocycles. The highest BCUT2D eigenvalue weighted by Crippen LogP contribution is 2.33. The molecule has 2 rings (SSSR count). The number of hydrogen-bond acceptors (Lipinski definition) is 4. The van der Waals surface area contributed by atoms with Gasteiger partial charge in [0.25, 0.3) is 0 Å². The van der Waals surface area contributed by atoms with E-state index in [0.717, 1.165) is 4.88 Å². The lowest BCUT2D eigenvalue weighted by atomic mass is 10.1. The first-order valence-electron chi connectivity index (χ1n) is 7.66. The second-order valence-corrected chi connectivity index (χ2v) is 6.05. The van der Waals surface area contributed by atoms with E-state index >= 15 is 0 Å². The monoisotopic (exact) mass is 367 g/mol. The number of benzene rings is 1. The van der Waals surface area contributed by atoms with Crippen molar-refractivity contribution in [1.82, 2.24) is 4.90 Å². The lowest BCUT2D eigenvalue weighted by Gasteiger charge is -2.18. The maximum atomic E-state index is 12.6. The Kier molecular flexibility index (Phi) is 6.94. The van der Waals surface area contributed by atoms with E-state index in [4.69, 9.17) is 4.74 Å². The molecule has 0 aliphatic rings. The number of carbonyl (C=O) groups excluding carboxylic acids is 1. The second kappa shape index (κ2) is 9.17. The van der Waals surface area contributed by atoms with Gasteiger partial charge in [0.05, 0.1) is 13.7 Å². The second-order valence-electron chi connectivity index (χ2n) is 5.02. The Balaban J connectivity index is 2.18. The number of likely N-dealkylation sites (N-methyl/N-ethyl adjacent to an activating group) is 1. The summed E-state index contributed by atoms with van der Waals surface area (Å²) in [5, 5.41) is 1.95. The van der Waals surface area contributed by atoms with Crippen molar-refractivity contribution in [2.45, 2.75) is 20.1 Å². The van der Waals surface area contributed by atoms with E-state index in [-0.39, 0.29) is 17.4 Å². The van der Waals surface area contributed by atoms with Gasteiger partial charge in [0.15, 0.2) is 11.5 Å². The number of nitrogens with zero attached hydrogens (tertiary/aromatic N) is 1. The van der Waals surface area contributed by atoms with Crippen molar-refractivity contribution in [2.24, 2.45) is 0 Å². The van der Waals surface area contributed by atoms with Crippen molar-refractivity contribution in [1.29, 1.82) is 0 Å². The summed E-state index contributed by atoms with van der Waals surface area (Å²) in [6, 6.07) is 8.63. The molecule has 25 heavy (non-hydrogen) atoms. The lowest BCUT2D eigenvalue weighted by Crippen LogP contribution is -2.28. The fourth-order valence-corrected chi connectivity index (χ4v) is 2.96. The largest absolute Gasteiger partial charge is 0.493 e. The van der Waals surface area contributed by atoms with Crippen LogP contribution in [0.2, 0.25) is 0 Å². The van der Waals surface area contributed by atoms with Crippen molar-refractivity contribution in [3.8, 4) is 11.5 Å². The summed E-state index contributed by atoms with van der Waals surface area (Å²) in [7, 11) is 1.37. The zero-order valence-electron chi connectivity index (χ0n) is 13.9. The predicted molar refractivity (Wildman–Crippen MR) is 94.1 cm³/mol. The third-order valence-electron chi connectivity index (χ3n) is 3.46. The number of halogens is 2. The zero-order chi connectivity index (χ0) is 18.2. The first-order chi connectivity index (χ1) is 12.0. The molecule has 0 saturated heterocycles. The highest BCUT2D eigenvalue weighted by molar-refractivity contribution is 7.09. The summed E-state index contributed by atoms with van der Waals surface area (Å²) in [6.07, 6.45) is 2.81. The molecule has 4 nitrogen and oxygen atoms in total. The van der Waals surface area contributed by atoms with Crippen LogP contribution in [0.25, 0.3) is 6.08 Å². The van der Waals surface area contributed by atoms with Crippen molar-refractivity contribution < 1.29 is 23.0 Å². The Morgan fingerprint density at radius 2 is 2.12 bits per heavy atom. The SMILES string of the molecule is CCN(Cc1cccs1)C(=O)/C=C\c1cccc(OC)c1OC(F)F. The minimum Gasteiger partial charge on any atom is -0.493 e. The van der Waals surface area contributed by atoms with Crippen LogP contribution in [0.3, 0.4) is 0 Å². The number of alkyl halides is 2. The van der Waals surface area contributed by atoms with E-state index in [1.807, 2.05) is 24.4 Å². The van der Waals surface area contributed by atoms with Gasteiger partial charge in [-0.05, 0) is 30.5 Å². The van der Waals surface area contributed by atoms with Crippen LogP contribution in [0, 0.1) is 0 Å². The molecule has 1 aromatic carbocycles. The minimum atomic E-state index is -2.98. The van der Waals surface area contributed by atoms with Crippen LogP contribution in [-0.2, 0) is 11.3 Å². The Morgan fingerprint density at radius 1 is 1.32 bits per heavy atom. The molecule has 1 aromatic heterocycles. The minimum absolute atomic E-state index is 0.0923. The van der Waals surface area contributed by atoms with Crippen LogP contribution in [-0.4, -0.2) is 31.1 Å². The summed E-state index contributed by atoms with van der Waals surface area (Å²) >= 11 is 1.57. The Bertz CT molecular complexity index is 717. The summed E-state index contributed by atoms with van der Waals surface area (Å²) in [6.45, 7) is -0.0452. The molecule has 0 spiro atoms. The number of methoxy groups -OCH3 is 1. The predicted octanol–water partition coefficient (Wildman–Crippen LogP) is 4.42. The van der Waals surface area contributed by atoms with Gasteiger partial charge < -0.3 is 14.4 Å². The van der Waals surface area contributed by atoms with Gasteiger partial charge in [-0.2, -0.15) is 8.78 Å². The molecule has 0 atom stereocenters. The molecule has 0 bridgehead atoms. The number of ether oxygens (including phenoxy) is 2. The molecular formula is C18H19F2NO3S. The van der Waals surface area contributed by atoms with Crippen LogP contribution >= 0.6 is 11.3 Å². The number of thiophene rings is 1. The smallest absolute Gasteiger partial charge is 0.387 e. The van der Waals surface area contributed by atoms with Gasteiger partial charge in [0.1, 0.15) is 0 Å². The Labute approximate surface area is 149 Å². The first kappa shape index (κ1) is 18.9. The molecule has 0 aliphatic heterocycles. The van der Waals surface area contributed by atoms with Gasteiger partial charge in [-0.3, -0.25) is 4.79 Å². The maximum Gasteiger partial charge on any atom is 0.387 e. The number of rotatable bonds is 8. The molecule has 0 fully saturated rings. The topological polar surface area (TPSA) is 38.8 Å². The Hall–Kier alpha value is -2.41. The lowest BCUT2D eigenvalue weighted by molar-refractivity contribution is -0.126. The first-order valence-corrected chi connectivity index (χ1v) is 8.54. The van der Waals surface area contributed by atoms with Gasteiger partial charge in [0, 0.05) is 23.1 Å².